The number of alkyl halides is 2. The Morgan fingerprint density at radius 2 is 1.61 bits per heavy atom. The first-order valence-electron chi connectivity index (χ1n) is 15.2. The fourth-order valence-electron chi connectivity index (χ4n) is 7.74. The van der Waals surface area contributed by atoms with Gasteiger partial charge in [0.05, 0.1) is 24.1 Å². The SMILES string of the molecule is CCOc1cc([C@H]2C3=CC[C@@H]4C(=O)N(c5ccc(Nc6ccccc6)cc5)C(=O)[C@@H]4[C@@H]3C[C@@]3(Cl)C(=O)N(C)C(=O)[C@@]23Cl)ccc1O. The molecule has 2 N–H and O–H groups in total. The van der Waals surface area contributed by atoms with Gasteiger partial charge in [0, 0.05) is 24.3 Å². The average Bonchev–Trinajstić information content (AvgIpc) is 3.38. The summed E-state index contributed by atoms with van der Waals surface area (Å²) < 4.78 is 5.63. The predicted molar refractivity (Wildman–Crippen MR) is 173 cm³/mol. The van der Waals surface area contributed by atoms with Crippen LogP contribution in [0, 0.1) is 17.8 Å². The molecule has 0 aromatic heterocycles. The second-order valence-corrected chi connectivity index (χ2v) is 13.4. The summed E-state index contributed by atoms with van der Waals surface area (Å²) in [4.78, 5) is 54.0. The van der Waals surface area contributed by atoms with E-state index in [4.69, 9.17) is 27.9 Å². The van der Waals surface area contributed by atoms with Crippen LogP contribution in [0.5, 0.6) is 11.5 Å². The molecule has 2 aliphatic carbocycles. The number of carbonyl (C=O) groups excluding carboxylic acids is 4. The van der Waals surface area contributed by atoms with E-state index in [1.54, 1.807) is 43.3 Å². The van der Waals surface area contributed by atoms with Crippen molar-refractivity contribution in [3.63, 3.8) is 0 Å². The van der Waals surface area contributed by atoms with Crippen LogP contribution in [0.3, 0.4) is 0 Å². The molecule has 4 amide bonds. The number of imide groups is 2. The van der Waals surface area contributed by atoms with Crippen molar-refractivity contribution in [2.45, 2.75) is 35.4 Å². The van der Waals surface area contributed by atoms with Gasteiger partial charge in [-0.15, -0.1) is 23.2 Å². The van der Waals surface area contributed by atoms with E-state index in [0.29, 0.717) is 16.8 Å². The van der Waals surface area contributed by atoms with Gasteiger partial charge in [0.15, 0.2) is 21.2 Å². The number of fused-ring (bicyclic) bond motifs is 4. The fraction of sp³-hybridized carbons (Fsp3) is 0.314. The molecule has 3 aromatic rings. The average molecular weight is 661 g/mol. The molecular weight excluding hydrogens is 629 g/mol. The highest BCUT2D eigenvalue weighted by molar-refractivity contribution is 6.53. The first-order chi connectivity index (χ1) is 22.0. The van der Waals surface area contributed by atoms with Crippen LogP contribution in [0.1, 0.15) is 31.2 Å². The molecule has 46 heavy (non-hydrogen) atoms. The molecule has 236 valence electrons. The lowest BCUT2D eigenvalue weighted by atomic mass is 9.56. The van der Waals surface area contributed by atoms with Crippen molar-refractivity contribution in [1.82, 2.24) is 4.90 Å². The molecule has 2 aliphatic heterocycles. The number of allylic oxidation sites excluding steroid dienone is 2. The van der Waals surface area contributed by atoms with Gasteiger partial charge in [0.25, 0.3) is 11.8 Å². The zero-order valence-corrected chi connectivity index (χ0v) is 26.6. The normalized spacial score (nSPS) is 30.1. The zero-order valence-electron chi connectivity index (χ0n) is 25.1. The summed E-state index contributed by atoms with van der Waals surface area (Å²) in [7, 11) is 1.35. The van der Waals surface area contributed by atoms with E-state index in [0.717, 1.165) is 16.3 Å². The molecule has 4 aliphatic rings. The maximum atomic E-state index is 14.3. The van der Waals surface area contributed by atoms with Gasteiger partial charge in [0.2, 0.25) is 11.8 Å². The fourth-order valence-corrected chi connectivity index (χ4v) is 8.76. The number of aromatic hydroxyl groups is 1. The number of ether oxygens (including phenoxy) is 1. The van der Waals surface area contributed by atoms with E-state index in [1.807, 2.05) is 36.4 Å². The highest BCUT2D eigenvalue weighted by Gasteiger charge is 2.75. The molecule has 3 fully saturated rings. The number of nitrogens with zero attached hydrogens (tertiary/aromatic N) is 2. The number of anilines is 3. The molecule has 0 radical (unpaired) electrons. The van der Waals surface area contributed by atoms with Gasteiger partial charge in [-0.25, -0.2) is 0 Å². The summed E-state index contributed by atoms with van der Waals surface area (Å²) in [6, 6.07) is 21.4. The van der Waals surface area contributed by atoms with Crippen molar-refractivity contribution in [2.75, 3.05) is 23.9 Å². The van der Waals surface area contributed by atoms with Crippen molar-refractivity contribution < 1.29 is 29.0 Å². The number of amides is 4. The molecule has 11 heteroatoms. The number of para-hydroxylation sites is 1. The molecule has 3 aromatic carbocycles. The summed E-state index contributed by atoms with van der Waals surface area (Å²) in [5.74, 6) is -5.00. The summed E-state index contributed by atoms with van der Waals surface area (Å²) in [6.45, 7) is 2.05. The second-order valence-electron chi connectivity index (χ2n) is 12.2. The summed E-state index contributed by atoms with van der Waals surface area (Å²) in [5.41, 5.74) is 3.31. The molecule has 0 unspecified atom stereocenters. The Morgan fingerprint density at radius 3 is 2.30 bits per heavy atom. The lowest BCUT2D eigenvalue weighted by molar-refractivity contribution is -0.138. The smallest absolute Gasteiger partial charge is 0.253 e. The first kappa shape index (κ1) is 30.3. The third kappa shape index (κ3) is 4.21. The standard InChI is InChI=1S/C35H31Cl2N3O6/c1-3-46-27-17-19(9-16-26(27)41)29-23-14-15-24-28(25(23)18-34(36)32(44)39(2)33(45)35(29,34)37)31(43)40(30(24)42)22-12-10-21(11-13-22)38-20-7-5-4-6-8-20/h4-14,16-17,24-25,28-29,38,41H,3,15,18H2,1-2H3/t24-,25+,28-,29-,34+,35-/m0/s1. The van der Waals surface area contributed by atoms with Crippen LogP contribution in [0.25, 0.3) is 0 Å². The van der Waals surface area contributed by atoms with Crippen LogP contribution in [0.15, 0.2) is 84.4 Å². The number of phenols is 1. The summed E-state index contributed by atoms with van der Waals surface area (Å²) in [6.07, 6.45) is 2.03. The highest BCUT2D eigenvalue weighted by atomic mass is 35.5. The largest absolute Gasteiger partial charge is 0.504 e. The number of carbonyl (C=O) groups is 4. The van der Waals surface area contributed by atoms with Crippen LogP contribution in [-0.4, -0.2) is 57.0 Å². The van der Waals surface area contributed by atoms with Gasteiger partial charge >= 0.3 is 0 Å². The van der Waals surface area contributed by atoms with E-state index in [-0.39, 0.29) is 42.8 Å². The number of nitrogens with one attached hydrogen (secondary N) is 1. The van der Waals surface area contributed by atoms with Crippen LogP contribution in [-0.2, 0) is 19.2 Å². The van der Waals surface area contributed by atoms with Gasteiger partial charge in [-0.2, -0.15) is 0 Å². The molecule has 2 saturated heterocycles. The summed E-state index contributed by atoms with van der Waals surface area (Å²) in [5, 5.41) is 13.7. The maximum absolute atomic E-state index is 14.3. The molecule has 2 heterocycles. The quantitative estimate of drug-likeness (QED) is 0.197. The van der Waals surface area contributed by atoms with Gasteiger partial charge in [-0.05, 0) is 79.8 Å². The molecule has 0 spiro atoms. The molecule has 0 bridgehead atoms. The Morgan fingerprint density at radius 1 is 0.913 bits per heavy atom. The van der Waals surface area contributed by atoms with Crippen LogP contribution < -0.4 is 15.0 Å². The third-order valence-electron chi connectivity index (χ3n) is 9.82. The number of benzene rings is 3. The van der Waals surface area contributed by atoms with Crippen molar-refractivity contribution in [1.29, 1.82) is 0 Å². The van der Waals surface area contributed by atoms with E-state index in [2.05, 4.69) is 5.32 Å². The van der Waals surface area contributed by atoms with E-state index in [1.165, 1.54) is 18.0 Å². The Bertz CT molecular complexity index is 1810. The minimum Gasteiger partial charge on any atom is -0.504 e. The van der Waals surface area contributed by atoms with Crippen molar-refractivity contribution in [3.05, 3.63) is 90.0 Å². The summed E-state index contributed by atoms with van der Waals surface area (Å²) >= 11 is 14.5. The first-order valence-corrected chi connectivity index (χ1v) is 15.9. The molecule has 7 rings (SSSR count). The molecule has 6 atom stereocenters. The van der Waals surface area contributed by atoms with Gasteiger partial charge in [-0.3, -0.25) is 29.0 Å². The monoisotopic (exact) mass is 659 g/mol. The van der Waals surface area contributed by atoms with Crippen molar-refractivity contribution >= 4 is 63.9 Å². The number of rotatable bonds is 6. The molecule has 1 saturated carbocycles. The lowest BCUT2D eigenvalue weighted by Gasteiger charge is -2.50. The van der Waals surface area contributed by atoms with Crippen molar-refractivity contribution in [3.8, 4) is 11.5 Å². The Labute approximate surface area is 275 Å². The van der Waals surface area contributed by atoms with Gasteiger partial charge in [0.1, 0.15) is 0 Å². The van der Waals surface area contributed by atoms with E-state index < -0.39 is 45.2 Å². The zero-order chi connectivity index (χ0) is 32.5. The highest BCUT2D eigenvalue weighted by Crippen LogP contribution is 2.65. The number of likely N-dealkylation sites (tertiary alicyclic amines) is 1. The second kappa shape index (κ2) is 10.9. The van der Waals surface area contributed by atoms with Crippen LogP contribution in [0.2, 0.25) is 0 Å². The van der Waals surface area contributed by atoms with Crippen molar-refractivity contribution in [2.24, 2.45) is 17.8 Å². The topological polar surface area (TPSA) is 116 Å². The number of hydrogen-bond donors (Lipinski definition) is 2. The Balaban J connectivity index is 1.28. The van der Waals surface area contributed by atoms with Crippen LogP contribution >= 0.6 is 23.2 Å². The lowest BCUT2D eigenvalue weighted by Crippen LogP contribution is -2.60. The Hall–Kier alpha value is -4.34. The number of hydrogen-bond acceptors (Lipinski definition) is 7. The molecular formula is C35H31Cl2N3O6. The van der Waals surface area contributed by atoms with Crippen LogP contribution in [0.4, 0.5) is 17.1 Å². The van der Waals surface area contributed by atoms with Gasteiger partial charge < -0.3 is 15.2 Å². The minimum atomic E-state index is -1.91. The molecule has 9 nitrogen and oxygen atoms in total. The van der Waals surface area contributed by atoms with E-state index >= 15 is 0 Å². The van der Waals surface area contributed by atoms with E-state index in [9.17, 15) is 24.3 Å². The maximum Gasteiger partial charge on any atom is 0.253 e. The third-order valence-corrected chi connectivity index (χ3v) is 11.2. The number of phenolic OH excluding ortho intramolecular Hbond substituents is 1. The number of halogens is 2. The van der Waals surface area contributed by atoms with Gasteiger partial charge in [-0.1, -0.05) is 35.9 Å². The predicted octanol–water partition coefficient (Wildman–Crippen LogP) is 5.73. The Kier molecular flexibility index (Phi) is 7.17. The minimum absolute atomic E-state index is 0.0976.